The maximum atomic E-state index is 12.2. The number of ether oxygens (including phenoxy) is 1. The number of phenols is 1. The number of aromatic hydroxyl groups is 1. The van der Waals surface area contributed by atoms with E-state index in [-0.39, 0.29) is 5.75 Å². The Balaban J connectivity index is 3.24. The molecule has 0 bridgehead atoms. The molecule has 0 amide bonds. The fourth-order valence-corrected chi connectivity index (χ4v) is 0.917. The Hall–Kier alpha value is -1.39. The Morgan fingerprint density at radius 3 is 2.38 bits per heavy atom. The first kappa shape index (κ1) is 9.70. The Morgan fingerprint density at radius 1 is 1.31 bits per heavy atom. The summed E-state index contributed by atoms with van der Waals surface area (Å²) in [5.74, 6) is -0.738. The highest BCUT2D eigenvalue weighted by atomic mass is 19.4. The second kappa shape index (κ2) is 3.16. The smallest absolute Gasteiger partial charge is 0.420 e. The lowest BCUT2D eigenvalue weighted by atomic mass is 10.2. The fraction of sp³-hybridized carbons (Fsp3) is 0.250. The Kier molecular flexibility index (Phi) is 2.36. The zero-order valence-electron chi connectivity index (χ0n) is 6.72. The topological polar surface area (TPSA) is 29.5 Å². The first-order chi connectivity index (χ1) is 5.95. The van der Waals surface area contributed by atoms with Crippen LogP contribution in [-0.2, 0) is 6.18 Å². The van der Waals surface area contributed by atoms with Gasteiger partial charge in [0.15, 0.2) is 0 Å². The van der Waals surface area contributed by atoms with Crippen LogP contribution in [0.3, 0.4) is 0 Å². The van der Waals surface area contributed by atoms with E-state index in [2.05, 4.69) is 4.74 Å². The lowest BCUT2D eigenvalue weighted by Crippen LogP contribution is -2.06. The van der Waals surface area contributed by atoms with Crippen LogP contribution in [0.5, 0.6) is 11.5 Å². The van der Waals surface area contributed by atoms with E-state index in [4.69, 9.17) is 5.11 Å². The summed E-state index contributed by atoms with van der Waals surface area (Å²) in [6.45, 7) is 0. The lowest BCUT2D eigenvalue weighted by molar-refractivity contribution is -0.138. The van der Waals surface area contributed by atoms with Crippen LogP contribution in [0, 0.1) is 0 Å². The van der Waals surface area contributed by atoms with Crippen LogP contribution in [0.15, 0.2) is 18.2 Å². The van der Waals surface area contributed by atoms with Crippen molar-refractivity contribution >= 4 is 0 Å². The second-order valence-electron chi connectivity index (χ2n) is 2.38. The predicted octanol–water partition coefficient (Wildman–Crippen LogP) is 2.42. The monoisotopic (exact) mass is 192 g/mol. The van der Waals surface area contributed by atoms with E-state index < -0.39 is 17.5 Å². The quantitative estimate of drug-likeness (QED) is 0.740. The van der Waals surface area contributed by atoms with E-state index in [1.54, 1.807) is 0 Å². The second-order valence-corrected chi connectivity index (χ2v) is 2.38. The molecule has 0 aliphatic rings. The van der Waals surface area contributed by atoms with Crippen molar-refractivity contribution in [2.45, 2.75) is 6.18 Å². The maximum absolute atomic E-state index is 12.2. The molecule has 0 aliphatic heterocycles. The van der Waals surface area contributed by atoms with Crippen LogP contribution in [0.25, 0.3) is 0 Å². The molecular formula is C8H7F3O2. The first-order valence-corrected chi connectivity index (χ1v) is 3.39. The minimum Gasteiger partial charge on any atom is -0.508 e. The Bertz CT molecular complexity index is 307. The molecule has 13 heavy (non-hydrogen) atoms. The Labute approximate surface area is 72.6 Å². The van der Waals surface area contributed by atoms with Gasteiger partial charge in [0.05, 0.1) is 7.11 Å². The molecule has 1 aromatic rings. The van der Waals surface area contributed by atoms with Crippen LogP contribution < -0.4 is 4.74 Å². The van der Waals surface area contributed by atoms with Crippen LogP contribution in [0.1, 0.15) is 5.56 Å². The van der Waals surface area contributed by atoms with Gasteiger partial charge >= 0.3 is 6.18 Å². The summed E-state index contributed by atoms with van der Waals surface area (Å²) in [5.41, 5.74) is -0.977. The molecule has 2 nitrogen and oxygen atoms in total. The third kappa shape index (κ3) is 2.05. The first-order valence-electron chi connectivity index (χ1n) is 3.39. The van der Waals surface area contributed by atoms with E-state index in [0.29, 0.717) is 6.07 Å². The van der Waals surface area contributed by atoms with Gasteiger partial charge in [-0.2, -0.15) is 13.2 Å². The molecule has 0 unspecified atom stereocenters. The third-order valence-corrected chi connectivity index (χ3v) is 1.49. The van der Waals surface area contributed by atoms with Crippen molar-refractivity contribution in [3.05, 3.63) is 23.8 Å². The van der Waals surface area contributed by atoms with Gasteiger partial charge in [-0.25, -0.2) is 0 Å². The number of alkyl halides is 3. The summed E-state index contributed by atoms with van der Waals surface area (Å²) >= 11 is 0. The van der Waals surface area contributed by atoms with E-state index in [9.17, 15) is 13.2 Å². The summed E-state index contributed by atoms with van der Waals surface area (Å²) < 4.78 is 41.2. The van der Waals surface area contributed by atoms with Gasteiger partial charge in [0.1, 0.15) is 17.1 Å². The van der Waals surface area contributed by atoms with Gasteiger partial charge in [-0.3, -0.25) is 0 Å². The van der Waals surface area contributed by atoms with Gasteiger partial charge in [0.2, 0.25) is 0 Å². The normalized spacial score (nSPS) is 11.4. The van der Waals surface area contributed by atoms with Gasteiger partial charge < -0.3 is 9.84 Å². The van der Waals surface area contributed by atoms with Crippen molar-refractivity contribution in [3.63, 3.8) is 0 Å². The van der Waals surface area contributed by atoms with Crippen LogP contribution in [0.4, 0.5) is 13.2 Å². The Morgan fingerprint density at radius 2 is 1.92 bits per heavy atom. The third-order valence-electron chi connectivity index (χ3n) is 1.49. The number of hydrogen-bond donors (Lipinski definition) is 1. The zero-order chi connectivity index (χ0) is 10.1. The molecular weight excluding hydrogens is 185 g/mol. The molecule has 1 rings (SSSR count). The van der Waals surface area contributed by atoms with Gasteiger partial charge in [-0.15, -0.1) is 0 Å². The molecule has 0 radical (unpaired) electrons. The molecule has 0 fully saturated rings. The molecule has 0 aliphatic carbocycles. The van der Waals surface area contributed by atoms with Gasteiger partial charge in [-0.05, 0) is 18.2 Å². The average Bonchev–Trinajstić information content (AvgIpc) is 2.03. The van der Waals surface area contributed by atoms with Crippen LogP contribution in [0.2, 0.25) is 0 Å². The van der Waals surface area contributed by atoms with Crippen molar-refractivity contribution in [1.82, 2.24) is 0 Å². The molecule has 0 spiro atoms. The summed E-state index contributed by atoms with van der Waals surface area (Å²) in [6.07, 6.45) is -4.51. The summed E-state index contributed by atoms with van der Waals surface area (Å²) in [4.78, 5) is 0. The van der Waals surface area contributed by atoms with Crippen molar-refractivity contribution < 1.29 is 23.0 Å². The van der Waals surface area contributed by atoms with E-state index >= 15 is 0 Å². The minimum absolute atomic E-state index is 0.301. The maximum Gasteiger partial charge on any atom is 0.420 e. The SMILES string of the molecule is COc1ccc(O)cc1C(F)(F)F. The number of methoxy groups -OCH3 is 1. The van der Waals surface area contributed by atoms with Gasteiger partial charge in [-0.1, -0.05) is 0 Å². The van der Waals surface area contributed by atoms with Crippen molar-refractivity contribution in [1.29, 1.82) is 0 Å². The van der Waals surface area contributed by atoms with Crippen molar-refractivity contribution in [2.75, 3.05) is 7.11 Å². The number of halogens is 3. The number of phenolic OH excluding ortho intramolecular Hbond substituents is 1. The zero-order valence-corrected chi connectivity index (χ0v) is 6.72. The molecule has 5 heteroatoms. The van der Waals surface area contributed by atoms with Gasteiger partial charge in [0, 0.05) is 0 Å². The van der Waals surface area contributed by atoms with Gasteiger partial charge in [0.25, 0.3) is 0 Å². The average molecular weight is 192 g/mol. The number of benzene rings is 1. The molecule has 1 N–H and O–H groups in total. The standard InChI is InChI=1S/C8H7F3O2/c1-13-7-3-2-5(12)4-6(7)8(9,10)11/h2-4,12H,1H3. The molecule has 0 heterocycles. The molecule has 0 aromatic heterocycles. The molecule has 1 aromatic carbocycles. The highest BCUT2D eigenvalue weighted by Gasteiger charge is 2.34. The summed E-state index contributed by atoms with van der Waals surface area (Å²) in [6, 6.07) is 2.82. The van der Waals surface area contributed by atoms with E-state index in [0.717, 1.165) is 19.2 Å². The highest BCUT2D eigenvalue weighted by Crippen LogP contribution is 2.37. The molecule has 0 saturated heterocycles. The predicted molar refractivity (Wildman–Crippen MR) is 39.7 cm³/mol. The van der Waals surface area contributed by atoms with Crippen molar-refractivity contribution in [3.8, 4) is 11.5 Å². The highest BCUT2D eigenvalue weighted by molar-refractivity contribution is 5.41. The molecule has 0 saturated carbocycles. The fourth-order valence-electron chi connectivity index (χ4n) is 0.917. The molecule has 0 atom stereocenters. The van der Waals surface area contributed by atoms with Crippen molar-refractivity contribution in [2.24, 2.45) is 0 Å². The van der Waals surface area contributed by atoms with Crippen LogP contribution >= 0.6 is 0 Å². The minimum atomic E-state index is -4.51. The largest absolute Gasteiger partial charge is 0.508 e. The van der Waals surface area contributed by atoms with E-state index in [1.807, 2.05) is 0 Å². The van der Waals surface area contributed by atoms with Crippen LogP contribution in [-0.4, -0.2) is 12.2 Å². The van der Waals surface area contributed by atoms with E-state index in [1.165, 1.54) is 0 Å². The lowest BCUT2D eigenvalue weighted by Gasteiger charge is -2.11. The summed E-state index contributed by atoms with van der Waals surface area (Å²) in [7, 11) is 1.14. The summed E-state index contributed by atoms with van der Waals surface area (Å²) in [5, 5.41) is 8.84. The molecule has 72 valence electrons. The number of rotatable bonds is 1. The number of hydrogen-bond acceptors (Lipinski definition) is 2.